The summed E-state index contributed by atoms with van der Waals surface area (Å²) in [4.78, 5) is 20.3. The van der Waals surface area contributed by atoms with Gasteiger partial charge in [-0.3, -0.25) is 0 Å². The molecule has 0 saturated carbocycles. The summed E-state index contributed by atoms with van der Waals surface area (Å²) < 4.78 is 18.1. The van der Waals surface area contributed by atoms with Crippen molar-refractivity contribution in [3.63, 3.8) is 0 Å². The molecule has 0 atom stereocenters. The van der Waals surface area contributed by atoms with E-state index in [1.807, 2.05) is 5.43 Å². The molecule has 0 fully saturated rings. The number of hydrogen-bond acceptors (Lipinski definition) is 7. The molecule has 4 amide bonds. The Hall–Kier alpha value is -2.89. The standard InChI is InChI=1S/C7H9N3O2.C6H7N3O2.ClH.O.V/c1-5(9-10-7(8)11)6-3-2-4-12-6;7-6(10)9-8-4-5-2-1-3-11-5;;;/h2-4H,1H3,(H3,8,10,11);1-4H,(H3,7,9,10);1H;;/b9-5-;8-4-;;;. The molecular weight excluding hydrogens is 407 g/mol. The van der Waals surface area contributed by atoms with Gasteiger partial charge in [-0.25, -0.2) is 20.4 Å². The number of nitrogens with two attached hydrogens (primary N) is 2. The summed E-state index contributed by atoms with van der Waals surface area (Å²) in [6.07, 6.45) is 4.38. The Balaban J connectivity index is 0. The van der Waals surface area contributed by atoms with Crippen LogP contribution in [0, 0.1) is 0 Å². The molecule has 0 saturated heterocycles. The minimum absolute atomic E-state index is 0. The zero-order valence-corrected chi connectivity index (χ0v) is 15.7. The van der Waals surface area contributed by atoms with Crippen molar-refractivity contribution < 1.29 is 39.5 Å². The molecule has 0 radical (unpaired) electrons. The Kier molecular flexibility index (Phi) is 15.2. The van der Waals surface area contributed by atoms with Gasteiger partial charge in [-0.05, 0) is 31.2 Å². The normalized spacial score (nSPS) is 9.62. The van der Waals surface area contributed by atoms with E-state index in [4.69, 9.17) is 24.0 Å². The van der Waals surface area contributed by atoms with E-state index in [1.165, 1.54) is 18.7 Å². The second-order valence-electron chi connectivity index (χ2n) is 3.90. The van der Waals surface area contributed by atoms with Crippen LogP contribution in [0.2, 0.25) is 0 Å². The summed E-state index contributed by atoms with van der Waals surface area (Å²) >= 11 is 1.06. The van der Waals surface area contributed by atoms with Crippen molar-refractivity contribution in [1.29, 1.82) is 0 Å². The van der Waals surface area contributed by atoms with E-state index in [2.05, 4.69) is 15.6 Å². The number of carbonyl (C=O) groups is 2. The molecule has 2 aromatic heterocycles. The van der Waals surface area contributed by atoms with Gasteiger partial charge in [-0.2, -0.15) is 10.2 Å². The number of nitrogens with zero attached hydrogens (tertiary/aromatic N) is 2. The van der Waals surface area contributed by atoms with E-state index in [1.54, 1.807) is 31.2 Å². The number of urea groups is 2. The first-order valence-electron chi connectivity index (χ1n) is 6.43. The molecule has 0 aliphatic carbocycles. The summed E-state index contributed by atoms with van der Waals surface area (Å²) in [5, 5.41) is 7.13. The first kappa shape index (κ1) is 25.4. The van der Waals surface area contributed by atoms with Crippen LogP contribution in [0.25, 0.3) is 0 Å². The number of nitrogens with one attached hydrogen (secondary N) is 2. The van der Waals surface area contributed by atoms with E-state index in [0.717, 1.165) is 17.4 Å². The molecule has 2 aromatic rings. The van der Waals surface area contributed by atoms with Crippen LogP contribution in [0.4, 0.5) is 9.59 Å². The quantitative estimate of drug-likeness (QED) is 0.426. The third-order valence-electron chi connectivity index (χ3n) is 2.12. The van der Waals surface area contributed by atoms with Crippen LogP contribution in [0.1, 0.15) is 18.4 Å². The fraction of sp³-hybridized carbons (Fsp3) is 0.0769. The molecule has 0 aliphatic rings. The van der Waals surface area contributed by atoms with Gasteiger partial charge in [-0.15, -0.1) is 12.4 Å². The van der Waals surface area contributed by atoms with Crippen molar-refractivity contribution >= 4 is 36.4 Å². The van der Waals surface area contributed by atoms with E-state index >= 15 is 0 Å². The average Bonchev–Trinajstić information content (AvgIpc) is 3.28. The van der Waals surface area contributed by atoms with Gasteiger partial charge < -0.3 is 20.3 Å². The Morgan fingerprint density at radius 1 is 1.08 bits per heavy atom. The number of hydrogen-bond donors (Lipinski definition) is 4. The van der Waals surface area contributed by atoms with Gasteiger partial charge in [0.1, 0.15) is 17.2 Å². The third-order valence-corrected chi connectivity index (χ3v) is 2.12. The molecule has 11 nitrogen and oxygen atoms in total. The Morgan fingerprint density at radius 3 is 2.12 bits per heavy atom. The van der Waals surface area contributed by atoms with Crippen LogP contribution in [-0.4, -0.2) is 24.0 Å². The van der Waals surface area contributed by atoms with Crippen LogP contribution in [0.3, 0.4) is 0 Å². The Labute approximate surface area is 163 Å². The maximum atomic E-state index is 10.2. The van der Waals surface area contributed by atoms with E-state index in [9.17, 15) is 9.59 Å². The number of amides is 4. The van der Waals surface area contributed by atoms with Crippen molar-refractivity contribution in [3.05, 3.63) is 48.3 Å². The van der Waals surface area contributed by atoms with E-state index < -0.39 is 12.1 Å². The van der Waals surface area contributed by atoms with Gasteiger partial charge in [-0.1, -0.05) is 0 Å². The first-order chi connectivity index (χ1) is 12.0. The van der Waals surface area contributed by atoms with Crippen LogP contribution in [0.15, 0.2) is 55.8 Å². The summed E-state index contributed by atoms with van der Waals surface area (Å²) in [7, 11) is 0. The van der Waals surface area contributed by atoms with Crippen molar-refractivity contribution in [2.45, 2.75) is 6.92 Å². The van der Waals surface area contributed by atoms with E-state index in [0.29, 0.717) is 17.2 Å². The molecule has 0 spiro atoms. The number of hydrazone groups is 2. The molecular formula is C13H17ClN6O5V. The summed E-state index contributed by atoms with van der Waals surface area (Å²) in [6, 6.07) is 5.49. The minimum atomic E-state index is -0.701. The van der Waals surface area contributed by atoms with Crippen molar-refractivity contribution in [2.24, 2.45) is 21.7 Å². The topological polar surface area (TPSA) is 178 Å². The number of furan rings is 2. The van der Waals surface area contributed by atoms with Crippen molar-refractivity contribution in [1.82, 2.24) is 10.9 Å². The fourth-order valence-corrected chi connectivity index (χ4v) is 1.20. The van der Waals surface area contributed by atoms with Gasteiger partial charge in [0, 0.05) is 0 Å². The molecule has 0 bridgehead atoms. The van der Waals surface area contributed by atoms with Crippen molar-refractivity contribution in [3.8, 4) is 0 Å². The SMILES string of the molecule is C/C(=N/NC(N)=O)c1ccco1.Cl.NC(=O)N/N=C\c1ccco1.[O]=[V]. The molecule has 141 valence electrons. The molecule has 0 aromatic carbocycles. The molecule has 2 heterocycles. The summed E-state index contributed by atoms with van der Waals surface area (Å²) in [6.45, 7) is 1.70. The van der Waals surface area contributed by atoms with Gasteiger partial charge in [0.15, 0.2) is 0 Å². The number of rotatable bonds is 4. The van der Waals surface area contributed by atoms with Gasteiger partial charge >= 0.3 is 33.1 Å². The molecule has 2 rings (SSSR count). The van der Waals surface area contributed by atoms with Crippen LogP contribution in [0.5, 0.6) is 0 Å². The molecule has 0 unspecified atom stereocenters. The zero-order chi connectivity index (χ0) is 19.1. The summed E-state index contributed by atoms with van der Waals surface area (Å²) in [5.41, 5.74) is 14.2. The van der Waals surface area contributed by atoms with Crippen molar-refractivity contribution in [2.75, 3.05) is 0 Å². The Morgan fingerprint density at radius 2 is 1.65 bits per heavy atom. The second-order valence-corrected chi connectivity index (χ2v) is 3.90. The monoisotopic (exact) mass is 423 g/mol. The van der Waals surface area contributed by atoms with Gasteiger partial charge in [0.2, 0.25) is 0 Å². The molecule has 13 heteroatoms. The maximum absolute atomic E-state index is 10.2. The van der Waals surface area contributed by atoms with Crippen LogP contribution in [-0.2, 0) is 21.0 Å². The average molecular weight is 424 g/mol. The number of carbonyl (C=O) groups excluding carboxylic acids is 2. The van der Waals surface area contributed by atoms with Crippen LogP contribution >= 0.6 is 12.4 Å². The summed E-state index contributed by atoms with van der Waals surface area (Å²) in [5.74, 6) is 1.16. The fourth-order valence-electron chi connectivity index (χ4n) is 1.20. The van der Waals surface area contributed by atoms with E-state index in [-0.39, 0.29) is 12.4 Å². The zero-order valence-electron chi connectivity index (χ0n) is 13.5. The predicted octanol–water partition coefficient (Wildman–Crippen LogP) is 1.25. The number of halogens is 1. The van der Waals surface area contributed by atoms with Gasteiger partial charge in [0.25, 0.3) is 0 Å². The molecule has 0 aliphatic heterocycles. The second kappa shape index (κ2) is 15.6. The Bertz CT molecular complexity index is 690. The first-order valence-corrected chi connectivity index (χ1v) is 7.00. The molecule has 6 N–H and O–H groups in total. The number of primary amides is 2. The van der Waals surface area contributed by atoms with Gasteiger partial charge in [0.05, 0.1) is 18.7 Å². The predicted molar refractivity (Wildman–Crippen MR) is 90.6 cm³/mol. The van der Waals surface area contributed by atoms with Crippen LogP contribution < -0.4 is 22.3 Å². The third kappa shape index (κ3) is 12.5. The molecule has 26 heavy (non-hydrogen) atoms.